The van der Waals surface area contributed by atoms with Crippen molar-refractivity contribution in [2.75, 3.05) is 12.3 Å². The van der Waals surface area contributed by atoms with Crippen LogP contribution in [0.15, 0.2) is 29.2 Å². The molecule has 0 aliphatic carbocycles. The highest BCUT2D eigenvalue weighted by Crippen LogP contribution is 2.12. The van der Waals surface area contributed by atoms with E-state index in [1.165, 1.54) is 12.1 Å². The molecule has 1 N–H and O–H groups in total. The predicted molar refractivity (Wildman–Crippen MR) is 74.6 cm³/mol. The van der Waals surface area contributed by atoms with Gasteiger partial charge in [0.15, 0.2) is 0 Å². The molecule has 2 atom stereocenters. The largest absolute Gasteiger partial charge is 0.313 e. The molecule has 0 heterocycles. The molecular weight excluding hydrogens is 249 g/mol. The highest BCUT2D eigenvalue weighted by molar-refractivity contribution is 7.85. The smallest absolute Gasteiger partial charge is 0.124 e. The summed E-state index contributed by atoms with van der Waals surface area (Å²) in [5.74, 6) is 0.610. The van der Waals surface area contributed by atoms with Gasteiger partial charge in [0.2, 0.25) is 0 Å². The van der Waals surface area contributed by atoms with Gasteiger partial charge in [0.25, 0.3) is 0 Å². The number of hydrogen-bond donors (Lipinski definition) is 1. The average molecular weight is 271 g/mol. The van der Waals surface area contributed by atoms with Gasteiger partial charge in [0, 0.05) is 16.7 Å². The molecule has 0 amide bonds. The molecule has 1 aromatic carbocycles. The van der Waals surface area contributed by atoms with E-state index in [0.717, 1.165) is 13.0 Å². The fourth-order valence-electron chi connectivity index (χ4n) is 1.68. The zero-order chi connectivity index (χ0) is 13.5. The van der Waals surface area contributed by atoms with E-state index < -0.39 is 10.8 Å². The van der Waals surface area contributed by atoms with Crippen molar-refractivity contribution in [1.29, 1.82) is 0 Å². The van der Waals surface area contributed by atoms with Gasteiger partial charge in [-0.1, -0.05) is 26.8 Å². The van der Waals surface area contributed by atoms with Gasteiger partial charge in [0.05, 0.1) is 10.8 Å². The molecule has 1 rings (SSSR count). The molecule has 102 valence electrons. The van der Waals surface area contributed by atoms with Crippen LogP contribution in [0.25, 0.3) is 0 Å². The highest BCUT2D eigenvalue weighted by atomic mass is 32.2. The molecule has 2 unspecified atom stereocenters. The van der Waals surface area contributed by atoms with Crippen molar-refractivity contribution in [1.82, 2.24) is 5.32 Å². The van der Waals surface area contributed by atoms with Crippen LogP contribution in [-0.2, 0) is 10.8 Å². The molecule has 2 nitrogen and oxygen atoms in total. The maximum atomic E-state index is 13.1. The van der Waals surface area contributed by atoms with Crippen LogP contribution in [0.3, 0.4) is 0 Å². The molecule has 18 heavy (non-hydrogen) atoms. The molecule has 0 saturated heterocycles. The highest BCUT2D eigenvalue weighted by Gasteiger charge is 2.17. The number of rotatable bonds is 7. The minimum Gasteiger partial charge on any atom is -0.313 e. The van der Waals surface area contributed by atoms with Gasteiger partial charge < -0.3 is 5.32 Å². The van der Waals surface area contributed by atoms with Gasteiger partial charge >= 0.3 is 0 Å². The van der Waals surface area contributed by atoms with Crippen molar-refractivity contribution in [3.63, 3.8) is 0 Å². The Kier molecular flexibility index (Phi) is 6.50. The first-order chi connectivity index (χ1) is 8.54. The van der Waals surface area contributed by atoms with Crippen LogP contribution in [-0.4, -0.2) is 22.5 Å². The lowest BCUT2D eigenvalue weighted by molar-refractivity contribution is 0.431. The van der Waals surface area contributed by atoms with Crippen LogP contribution in [0.2, 0.25) is 0 Å². The zero-order valence-corrected chi connectivity index (χ0v) is 12.1. The van der Waals surface area contributed by atoms with Crippen molar-refractivity contribution in [3.05, 3.63) is 30.1 Å². The lowest BCUT2D eigenvalue weighted by Crippen LogP contribution is -2.38. The van der Waals surface area contributed by atoms with Gasteiger partial charge in [0.1, 0.15) is 5.82 Å². The van der Waals surface area contributed by atoms with E-state index in [2.05, 4.69) is 26.1 Å². The summed E-state index contributed by atoms with van der Waals surface area (Å²) in [6, 6.07) is 6.25. The topological polar surface area (TPSA) is 29.1 Å². The third-order valence-electron chi connectivity index (χ3n) is 2.85. The first kappa shape index (κ1) is 15.3. The lowest BCUT2D eigenvalue weighted by Gasteiger charge is -2.21. The van der Waals surface area contributed by atoms with E-state index in [9.17, 15) is 8.60 Å². The summed E-state index contributed by atoms with van der Waals surface area (Å²) in [6.07, 6.45) is 1.05. The fourth-order valence-corrected chi connectivity index (χ4v) is 3.18. The molecule has 0 saturated carbocycles. The van der Waals surface area contributed by atoms with E-state index in [-0.39, 0.29) is 11.9 Å². The van der Waals surface area contributed by atoms with Crippen LogP contribution >= 0.6 is 0 Å². The Bertz CT molecular complexity index is 395. The zero-order valence-electron chi connectivity index (χ0n) is 11.3. The summed E-state index contributed by atoms with van der Waals surface area (Å²) in [7, 11) is -1.15. The van der Waals surface area contributed by atoms with Gasteiger partial charge in [-0.15, -0.1) is 0 Å². The minimum absolute atomic E-state index is 0.203. The SMILES string of the molecule is CCCNC(CS(=O)c1cccc(F)c1)C(C)C. The standard InChI is InChI=1S/C14H22FNOS/c1-4-8-16-14(11(2)3)10-18(17)13-7-5-6-12(15)9-13/h5-7,9,11,14,16H,4,8,10H2,1-3H3. The molecule has 0 bridgehead atoms. The number of halogens is 1. The summed E-state index contributed by atoms with van der Waals surface area (Å²) >= 11 is 0. The van der Waals surface area contributed by atoms with Gasteiger partial charge in [-0.05, 0) is 37.1 Å². The Morgan fingerprint density at radius 3 is 2.67 bits per heavy atom. The third-order valence-corrected chi connectivity index (χ3v) is 4.29. The van der Waals surface area contributed by atoms with Crippen LogP contribution < -0.4 is 5.32 Å². The van der Waals surface area contributed by atoms with Gasteiger partial charge in [-0.3, -0.25) is 4.21 Å². The van der Waals surface area contributed by atoms with Crippen LogP contribution in [0.1, 0.15) is 27.2 Å². The number of benzene rings is 1. The normalized spacial score (nSPS) is 14.7. The summed E-state index contributed by atoms with van der Waals surface area (Å²) in [5, 5.41) is 3.40. The molecule has 0 aromatic heterocycles. The van der Waals surface area contributed by atoms with Crippen molar-refractivity contribution >= 4 is 10.8 Å². The van der Waals surface area contributed by atoms with E-state index in [0.29, 0.717) is 16.6 Å². The lowest BCUT2D eigenvalue weighted by atomic mass is 10.1. The molecule has 4 heteroatoms. The molecule has 0 radical (unpaired) electrons. The van der Waals surface area contributed by atoms with Crippen molar-refractivity contribution in [3.8, 4) is 0 Å². The Labute approximate surface area is 111 Å². The Balaban J connectivity index is 2.66. The van der Waals surface area contributed by atoms with Crippen molar-refractivity contribution in [2.45, 2.75) is 38.1 Å². The summed E-state index contributed by atoms with van der Waals surface area (Å²) < 4.78 is 25.3. The number of hydrogen-bond acceptors (Lipinski definition) is 2. The Hall–Kier alpha value is -0.740. The van der Waals surface area contributed by atoms with Crippen molar-refractivity contribution in [2.24, 2.45) is 5.92 Å². The maximum Gasteiger partial charge on any atom is 0.124 e. The van der Waals surface area contributed by atoms with Crippen LogP contribution in [0.4, 0.5) is 4.39 Å². The minimum atomic E-state index is -1.15. The second-order valence-electron chi connectivity index (χ2n) is 4.77. The van der Waals surface area contributed by atoms with Crippen LogP contribution in [0.5, 0.6) is 0 Å². The molecule has 0 aliphatic heterocycles. The third kappa shape index (κ3) is 4.86. The Morgan fingerprint density at radius 2 is 2.11 bits per heavy atom. The van der Waals surface area contributed by atoms with E-state index in [1.54, 1.807) is 12.1 Å². The molecule has 0 spiro atoms. The van der Waals surface area contributed by atoms with E-state index in [4.69, 9.17) is 0 Å². The fraction of sp³-hybridized carbons (Fsp3) is 0.571. The van der Waals surface area contributed by atoms with Gasteiger partial charge in [-0.25, -0.2) is 4.39 Å². The van der Waals surface area contributed by atoms with Crippen LogP contribution in [0, 0.1) is 11.7 Å². The maximum absolute atomic E-state index is 13.1. The Morgan fingerprint density at radius 1 is 1.39 bits per heavy atom. The van der Waals surface area contributed by atoms with Gasteiger partial charge in [-0.2, -0.15) is 0 Å². The quantitative estimate of drug-likeness (QED) is 0.826. The first-order valence-corrected chi connectivity index (χ1v) is 7.73. The van der Waals surface area contributed by atoms with Crippen molar-refractivity contribution < 1.29 is 8.60 Å². The molecule has 0 aliphatic rings. The first-order valence-electron chi connectivity index (χ1n) is 6.42. The monoisotopic (exact) mass is 271 g/mol. The average Bonchev–Trinajstić information content (AvgIpc) is 2.33. The summed E-state index contributed by atoms with van der Waals surface area (Å²) in [6.45, 7) is 7.24. The number of nitrogens with one attached hydrogen (secondary N) is 1. The van der Waals surface area contributed by atoms with E-state index in [1.807, 2.05) is 0 Å². The second kappa shape index (κ2) is 7.64. The second-order valence-corrected chi connectivity index (χ2v) is 6.27. The molecular formula is C14H22FNOS. The molecule has 0 fully saturated rings. The molecule has 1 aromatic rings. The summed E-state index contributed by atoms with van der Waals surface area (Å²) in [4.78, 5) is 0.568. The summed E-state index contributed by atoms with van der Waals surface area (Å²) in [5.41, 5.74) is 0. The predicted octanol–water partition coefficient (Wildman–Crippen LogP) is 2.96. The van der Waals surface area contributed by atoms with E-state index >= 15 is 0 Å².